The van der Waals surface area contributed by atoms with E-state index in [-0.39, 0.29) is 18.1 Å². The van der Waals surface area contributed by atoms with E-state index in [9.17, 15) is 4.79 Å². The van der Waals surface area contributed by atoms with E-state index in [2.05, 4.69) is 28.2 Å². The van der Waals surface area contributed by atoms with Gasteiger partial charge in [-0.15, -0.1) is 0 Å². The van der Waals surface area contributed by atoms with Gasteiger partial charge in [0.15, 0.2) is 0 Å². The molecule has 18 heavy (non-hydrogen) atoms. The van der Waals surface area contributed by atoms with Gasteiger partial charge in [0.25, 0.3) is 0 Å². The van der Waals surface area contributed by atoms with Crippen LogP contribution < -0.4 is 5.32 Å². The van der Waals surface area contributed by atoms with Crippen molar-refractivity contribution in [3.63, 3.8) is 0 Å². The molecule has 1 aromatic rings. The molecule has 0 aromatic heterocycles. The minimum atomic E-state index is -0.255. The van der Waals surface area contributed by atoms with Crippen LogP contribution in [0, 0.1) is 0 Å². The van der Waals surface area contributed by atoms with Gasteiger partial charge in [0.2, 0.25) is 5.91 Å². The average Bonchev–Trinajstić information content (AvgIpc) is 2.91. The Bertz CT molecular complexity index is 399. The zero-order valence-electron chi connectivity index (χ0n) is 10.5. The third kappa shape index (κ3) is 3.33. The van der Waals surface area contributed by atoms with E-state index in [0.29, 0.717) is 6.61 Å². The molecule has 1 aliphatic rings. The number of halogens is 1. The summed E-state index contributed by atoms with van der Waals surface area (Å²) in [6.07, 6.45) is 2.44. The SMILES string of the molecule is CCC(NC(=O)C1CCCO1)c1ccc(Br)cc1. The van der Waals surface area contributed by atoms with Crippen LogP contribution in [0.1, 0.15) is 37.8 Å². The van der Waals surface area contributed by atoms with Gasteiger partial charge in [-0.3, -0.25) is 4.79 Å². The van der Waals surface area contributed by atoms with Gasteiger partial charge in [-0.05, 0) is 37.0 Å². The second-order valence-electron chi connectivity index (χ2n) is 4.52. The normalized spacial score (nSPS) is 20.7. The summed E-state index contributed by atoms with van der Waals surface area (Å²) in [6, 6.07) is 8.13. The van der Waals surface area contributed by atoms with Crippen LogP contribution in [0.2, 0.25) is 0 Å². The van der Waals surface area contributed by atoms with Gasteiger partial charge in [0.05, 0.1) is 6.04 Å². The van der Waals surface area contributed by atoms with Crippen molar-refractivity contribution in [2.45, 2.75) is 38.3 Å². The lowest BCUT2D eigenvalue weighted by atomic mass is 10.0. The molecule has 4 heteroatoms. The summed E-state index contributed by atoms with van der Waals surface area (Å²) in [5.41, 5.74) is 1.13. The number of nitrogens with one attached hydrogen (secondary N) is 1. The van der Waals surface area contributed by atoms with Crippen molar-refractivity contribution in [3.8, 4) is 0 Å². The van der Waals surface area contributed by atoms with E-state index in [1.807, 2.05) is 24.3 Å². The number of rotatable bonds is 4. The van der Waals surface area contributed by atoms with Gasteiger partial charge < -0.3 is 10.1 Å². The molecule has 1 N–H and O–H groups in total. The van der Waals surface area contributed by atoms with E-state index in [1.165, 1.54) is 0 Å². The highest BCUT2D eigenvalue weighted by Crippen LogP contribution is 2.21. The first kappa shape index (κ1) is 13.6. The van der Waals surface area contributed by atoms with E-state index in [4.69, 9.17) is 4.74 Å². The largest absolute Gasteiger partial charge is 0.368 e. The molecule has 2 unspecified atom stereocenters. The van der Waals surface area contributed by atoms with Gasteiger partial charge in [0, 0.05) is 11.1 Å². The maximum atomic E-state index is 12.0. The minimum Gasteiger partial charge on any atom is -0.368 e. The highest BCUT2D eigenvalue weighted by atomic mass is 79.9. The topological polar surface area (TPSA) is 38.3 Å². The summed E-state index contributed by atoms with van der Waals surface area (Å²) in [4.78, 5) is 12.0. The number of benzene rings is 1. The number of amides is 1. The third-order valence-corrected chi connectivity index (χ3v) is 3.75. The predicted octanol–water partition coefficient (Wildman–Crippen LogP) is 3.20. The Morgan fingerprint density at radius 2 is 2.22 bits per heavy atom. The first-order chi connectivity index (χ1) is 8.70. The van der Waals surface area contributed by atoms with Crippen LogP contribution in [-0.4, -0.2) is 18.6 Å². The van der Waals surface area contributed by atoms with Crippen molar-refractivity contribution in [2.24, 2.45) is 0 Å². The van der Waals surface area contributed by atoms with Crippen molar-refractivity contribution in [1.29, 1.82) is 0 Å². The number of ether oxygens (including phenoxy) is 1. The second kappa shape index (κ2) is 6.34. The zero-order valence-corrected chi connectivity index (χ0v) is 12.1. The Morgan fingerprint density at radius 1 is 1.50 bits per heavy atom. The van der Waals surface area contributed by atoms with Crippen LogP contribution in [0.4, 0.5) is 0 Å². The maximum absolute atomic E-state index is 12.0. The summed E-state index contributed by atoms with van der Waals surface area (Å²) in [6.45, 7) is 2.77. The lowest BCUT2D eigenvalue weighted by Crippen LogP contribution is -2.36. The first-order valence-electron chi connectivity index (χ1n) is 6.38. The fourth-order valence-corrected chi connectivity index (χ4v) is 2.43. The number of hydrogen-bond donors (Lipinski definition) is 1. The van der Waals surface area contributed by atoms with Gasteiger partial charge in [-0.25, -0.2) is 0 Å². The average molecular weight is 312 g/mol. The second-order valence-corrected chi connectivity index (χ2v) is 5.44. The van der Waals surface area contributed by atoms with Crippen LogP contribution in [-0.2, 0) is 9.53 Å². The van der Waals surface area contributed by atoms with Gasteiger partial charge in [-0.1, -0.05) is 35.0 Å². The molecule has 0 spiro atoms. The van der Waals surface area contributed by atoms with E-state index < -0.39 is 0 Å². The van der Waals surface area contributed by atoms with Crippen molar-refractivity contribution in [3.05, 3.63) is 34.3 Å². The Balaban J connectivity index is 2.00. The lowest BCUT2D eigenvalue weighted by molar-refractivity contribution is -0.130. The monoisotopic (exact) mass is 311 g/mol. The van der Waals surface area contributed by atoms with Crippen molar-refractivity contribution in [2.75, 3.05) is 6.61 Å². The molecule has 2 atom stereocenters. The van der Waals surface area contributed by atoms with Crippen molar-refractivity contribution < 1.29 is 9.53 Å². The van der Waals surface area contributed by atoms with Gasteiger partial charge in [0.1, 0.15) is 6.10 Å². The highest BCUT2D eigenvalue weighted by Gasteiger charge is 2.25. The molecule has 2 rings (SSSR count). The van der Waals surface area contributed by atoms with E-state index >= 15 is 0 Å². The molecule has 0 aliphatic carbocycles. The Morgan fingerprint density at radius 3 is 2.78 bits per heavy atom. The van der Waals surface area contributed by atoms with E-state index in [0.717, 1.165) is 29.3 Å². The molecule has 0 bridgehead atoms. The smallest absolute Gasteiger partial charge is 0.249 e. The van der Waals surface area contributed by atoms with Crippen LogP contribution >= 0.6 is 15.9 Å². The molecule has 1 aromatic carbocycles. The van der Waals surface area contributed by atoms with Crippen molar-refractivity contribution in [1.82, 2.24) is 5.32 Å². The van der Waals surface area contributed by atoms with Crippen LogP contribution in [0.25, 0.3) is 0 Å². The molecule has 1 aliphatic heterocycles. The standard InChI is InChI=1S/C14H18BrNO2/c1-2-12(10-5-7-11(15)8-6-10)16-14(17)13-4-3-9-18-13/h5-8,12-13H,2-4,9H2,1H3,(H,16,17). The molecule has 1 amide bonds. The molecular formula is C14H18BrNO2. The fourth-order valence-electron chi connectivity index (χ4n) is 2.17. The van der Waals surface area contributed by atoms with E-state index in [1.54, 1.807) is 0 Å². The molecule has 1 heterocycles. The highest BCUT2D eigenvalue weighted by molar-refractivity contribution is 9.10. The molecule has 98 valence electrons. The Kier molecular flexibility index (Phi) is 4.78. The maximum Gasteiger partial charge on any atom is 0.249 e. The zero-order chi connectivity index (χ0) is 13.0. The summed E-state index contributed by atoms with van der Waals surface area (Å²) in [7, 11) is 0. The molecule has 3 nitrogen and oxygen atoms in total. The molecular weight excluding hydrogens is 294 g/mol. The van der Waals surface area contributed by atoms with Crippen LogP contribution in [0.3, 0.4) is 0 Å². The minimum absolute atomic E-state index is 0.0160. The fraction of sp³-hybridized carbons (Fsp3) is 0.500. The summed E-state index contributed by atoms with van der Waals surface area (Å²) in [5, 5.41) is 3.07. The number of hydrogen-bond acceptors (Lipinski definition) is 2. The lowest BCUT2D eigenvalue weighted by Gasteiger charge is -2.19. The van der Waals surface area contributed by atoms with Crippen LogP contribution in [0.15, 0.2) is 28.7 Å². The number of carbonyl (C=O) groups excluding carboxylic acids is 1. The summed E-state index contributed by atoms with van der Waals surface area (Å²) in [5.74, 6) is 0.0160. The quantitative estimate of drug-likeness (QED) is 0.927. The molecule has 1 fully saturated rings. The molecule has 1 saturated heterocycles. The van der Waals surface area contributed by atoms with Gasteiger partial charge >= 0.3 is 0 Å². The molecule has 0 saturated carbocycles. The summed E-state index contributed by atoms with van der Waals surface area (Å²) >= 11 is 3.41. The van der Waals surface area contributed by atoms with Crippen molar-refractivity contribution >= 4 is 21.8 Å². The molecule has 0 radical (unpaired) electrons. The predicted molar refractivity (Wildman–Crippen MR) is 74.3 cm³/mol. The van der Waals surface area contributed by atoms with Crippen LogP contribution in [0.5, 0.6) is 0 Å². The Hall–Kier alpha value is -0.870. The first-order valence-corrected chi connectivity index (χ1v) is 7.17. The third-order valence-electron chi connectivity index (χ3n) is 3.22. The summed E-state index contributed by atoms with van der Waals surface area (Å²) < 4.78 is 6.44. The van der Waals surface area contributed by atoms with Gasteiger partial charge in [-0.2, -0.15) is 0 Å². The number of carbonyl (C=O) groups is 1. The Labute approximate surface area is 116 Å².